The van der Waals surface area contributed by atoms with Gasteiger partial charge in [-0.3, -0.25) is 9.48 Å². The molecule has 9 heteroatoms. The Morgan fingerprint density at radius 3 is 2.65 bits per heavy atom. The number of benzene rings is 2. The fraction of sp³-hybridized carbons (Fsp3) is 0.227. The van der Waals surface area contributed by atoms with E-state index in [0.717, 1.165) is 22.3 Å². The molecule has 1 atom stereocenters. The first-order valence-corrected chi connectivity index (χ1v) is 11.9. The van der Waals surface area contributed by atoms with Gasteiger partial charge in [-0.25, -0.2) is 13.4 Å². The van der Waals surface area contributed by atoms with Crippen molar-refractivity contribution in [3.63, 3.8) is 0 Å². The second-order valence-electron chi connectivity index (χ2n) is 7.67. The standard InChI is InChI=1S/C22H21N5O3S/c28-22(23-13-21-24-17-8-4-5-9-18(17)25-21)19-12-20(15-6-2-1-3-7-15)27(26-19)16-10-11-31(29,30)14-16/h1-9,12,16H,10-11,13-14H2,(H,23,28)(H,24,25)/t16-/m1/s1. The van der Waals surface area contributed by atoms with Crippen molar-refractivity contribution in [2.24, 2.45) is 0 Å². The number of amides is 1. The molecule has 5 rings (SSSR count). The van der Waals surface area contributed by atoms with Gasteiger partial charge in [-0.15, -0.1) is 0 Å². The third-order valence-corrected chi connectivity index (χ3v) is 7.20. The van der Waals surface area contributed by atoms with Gasteiger partial charge in [-0.2, -0.15) is 5.10 Å². The van der Waals surface area contributed by atoms with E-state index in [2.05, 4.69) is 20.4 Å². The second-order valence-corrected chi connectivity index (χ2v) is 9.89. The molecule has 0 unspecified atom stereocenters. The maximum Gasteiger partial charge on any atom is 0.272 e. The number of carbonyl (C=O) groups excluding carboxylic acids is 1. The molecule has 1 saturated heterocycles. The van der Waals surface area contributed by atoms with E-state index in [0.29, 0.717) is 12.2 Å². The van der Waals surface area contributed by atoms with Gasteiger partial charge < -0.3 is 10.3 Å². The van der Waals surface area contributed by atoms with Crippen molar-refractivity contribution in [3.8, 4) is 11.3 Å². The van der Waals surface area contributed by atoms with Crippen molar-refractivity contribution in [2.45, 2.75) is 19.0 Å². The van der Waals surface area contributed by atoms with Gasteiger partial charge in [0.2, 0.25) is 0 Å². The third kappa shape index (κ3) is 3.96. The molecule has 8 nitrogen and oxygen atoms in total. The van der Waals surface area contributed by atoms with Crippen LogP contribution in [0.25, 0.3) is 22.3 Å². The summed E-state index contributed by atoms with van der Waals surface area (Å²) >= 11 is 0. The zero-order chi connectivity index (χ0) is 21.4. The third-order valence-electron chi connectivity index (χ3n) is 5.45. The molecule has 2 aromatic carbocycles. The summed E-state index contributed by atoms with van der Waals surface area (Å²) in [7, 11) is -3.09. The zero-order valence-electron chi connectivity index (χ0n) is 16.7. The van der Waals surface area contributed by atoms with Crippen molar-refractivity contribution in [3.05, 3.63) is 72.2 Å². The van der Waals surface area contributed by atoms with Crippen molar-refractivity contribution in [1.82, 2.24) is 25.1 Å². The Morgan fingerprint density at radius 2 is 1.90 bits per heavy atom. The Morgan fingerprint density at radius 1 is 1.13 bits per heavy atom. The van der Waals surface area contributed by atoms with E-state index in [1.807, 2.05) is 54.6 Å². The topological polar surface area (TPSA) is 110 Å². The Bertz CT molecular complexity index is 1330. The first-order valence-electron chi connectivity index (χ1n) is 10.1. The number of hydrogen-bond donors (Lipinski definition) is 2. The lowest BCUT2D eigenvalue weighted by Gasteiger charge is -2.13. The number of nitrogens with zero attached hydrogens (tertiary/aromatic N) is 3. The molecule has 1 amide bonds. The van der Waals surface area contributed by atoms with Crippen LogP contribution in [0.15, 0.2) is 60.7 Å². The summed E-state index contributed by atoms with van der Waals surface area (Å²) < 4.78 is 25.7. The number of sulfone groups is 1. The number of rotatable bonds is 5. The van der Waals surface area contributed by atoms with Gasteiger partial charge in [-0.1, -0.05) is 42.5 Å². The number of H-pyrrole nitrogens is 1. The molecule has 0 saturated carbocycles. The molecule has 1 fully saturated rings. The Hall–Kier alpha value is -3.46. The van der Waals surface area contributed by atoms with Crippen LogP contribution in [0.2, 0.25) is 0 Å². The van der Waals surface area contributed by atoms with Crippen LogP contribution in [-0.4, -0.2) is 45.6 Å². The smallest absolute Gasteiger partial charge is 0.272 e. The molecule has 1 aliphatic rings. The van der Waals surface area contributed by atoms with Crippen LogP contribution < -0.4 is 5.32 Å². The van der Waals surface area contributed by atoms with E-state index in [1.165, 1.54) is 0 Å². The Labute approximate surface area is 179 Å². The van der Waals surface area contributed by atoms with Crippen LogP contribution in [0, 0.1) is 0 Å². The maximum absolute atomic E-state index is 12.8. The van der Waals surface area contributed by atoms with Crippen LogP contribution in [0.3, 0.4) is 0 Å². The lowest BCUT2D eigenvalue weighted by molar-refractivity contribution is 0.0944. The molecule has 3 heterocycles. The molecule has 2 aromatic heterocycles. The summed E-state index contributed by atoms with van der Waals surface area (Å²) in [6, 6.07) is 18.7. The molecule has 2 N–H and O–H groups in total. The fourth-order valence-corrected chi connectivity index (χ4v) is 5.61. The van der Waals surface area contributed by atoms with Crippen LogP contribution in [-0.2, 0) is 16.4 Å². The van der Waals surface area contributed by atoms with Gasteiger partial charge in [0, 0.05) is 0 Å². The number of imidazole rings is 1. The molecule has 0 spiro atoms. The van der Waals surface area contributed by atoms with Crippen LogP contribution in [0.4, 0.5) is 0 Å². The van der Waals surface area contributed by atoms with E-state index in [-0.39, 0.29) is 35.7 Å². The highest BCUT2D eigenvalue weighted by Gasteiger charge is 2.32. The lowest BCUT2D eigenvalue weighted by atomic mass is 10.1. The quantitative estimate of drug-likeness (QED) is 0.501. The molecular weight excluding hydrogens is 414 g/mol. The summed E-state index contributed by atoms with van der Waals surface area (Å²) in [5.41, 5.74) is 3.61. The van der Waals surface area contributed by atoms with Gasteiger partial charge >= 0.3 is 0 Å². The van der Waals surface area contributed by atoms with Gasteiger partial charge in [0.25, 0.3) is 5.91 Å². The lowest BCUT2D eigenvalue weighted by Crippen LogP contribution is -2.24. The number of aromatic amines is 1. The molecule has 158 valence electrons. The first-order chi connectivity index (χ1) is 15.0. The normalized spacial score (nSPS) is 17.7. The van der Waals surface area contributed by atoms with E-state index in [4.69, 9.17) is 0 Å². The van der Waals surface area contributed by atoms with Crippen molar-refractivity contribution < 1.29 is 13.2 Å². The average Bonchev–Trinajstić information content (AvgIpc) is 3.48. The number of aromatic nitrogens is 4. The predicted octanol–water partition coefficient (Wildman–Crippen LogP) is 2.72. The van der Waals surface area contributed by atoms with E-state index in [9.17, 15) is 13.2 Å². The summed E-state index contributed by atoms with van der Waals surface area (Å²) in [5, 5.41) is 7.35. The highest BCUT2D eigenvalue weighted by molar-refractivity contribution is 7.91. The Kier molecular flexibility index (Phi) is 4.82. The molecular formula is C22H21N5O3S. The van der Waals surface area contributed by atoms with E-state index < -0.39 is 9.84 Å². The zero-order valence-corrected chi connectivity index (χ0v) is 17.5. The number of carbonyl (C=O) groups is 1. The van der Waals surface area contributed by atoms with E-state index in [1.54, 1.807) is 10.7 Å². The summed E-state index contributed by atoms with van der Waals surface area (Å²) in [6.45, 7) is 0.235. The summed E-state index contributed by atoms with van der Waals surface area (Å²) in [5.74, 6) is 0.491. The molecule has 4 aromatic rings. The number of fused-ring (bicyclic) bond motifs is 1. The molecule has 0 aliphatic carbocycles. The monoisotopic (exact) mass is 435 g/mol. The highest BCUT2D eigenvalue weighted by atomic mass is 32.2. The molecule has 0 bridgehead atoms. The molecule has 31 heavy (non-hydrogen) atoms. The minimum Gasteiger partial charge on any atom is -0.343 e. The Balaban J connectivity index is 1.41. The van der Waals surface area contributed by atoms with Crippen LogP contribution >= 0.6 is 0 Å². The van der Waals surface area contributed by atoms with Crippen LogP contribution in [0.5, 0.6) is 0 Å². The average molecular weight is 436 g/mol. The summed E-state index contributed by atoms with van der Waals surface area (Å²) in [4.78, 5) is 20.5. The van der Waals surface area contributed by atoms with Gasteiger partial charge in [-0.05, 0) is 30.2 Å². The minimum atomic E-state index is -3.09. The van der Waals surface area contributed by atoms with Gasteiger partial charge in [0.15, 0.2) is 15.5 Å². The van der Waals surface area contributed by atoms with Gasteiger partial charge in [0.1, 0.15) is 5.82 Å². The van der Waals surface area contributed by atoms with Crippen LogP contribution in [0.1, 0.15) is 28.8 Å². The fourth-order valence-electron chi connectivity index (χ4n) is 3.92. The predicted molar refractivity (Wildman–Crippen MR) is 117 cm³/mol. The van der Waals surface area contributed by atoms with Crippen molar-refractivity contribution in [2.75, 3.05) is 11.5 Å². The first kappa shape index (κ1) is 19.5. The second kappa shape index (κ2) is 7.66. The van der Waals surface area contributed by atoms with E-state index >= 15 is 0 Å². The maximum atomic E-state index is 12.8. The highest BCUT2D eigenvalue weighted by Crippen LogP contribution is 2.30. The SMILES string of the molecule is O=C(NCc1nc2ccccc2[nH]1)c1cc(-c2ccccc2)n([C@@H]2CCS(=O)(=O)C2)n1. The number of nitrogens with one attached hydrogen (secondary N) is 2. The number of para-hydroxylation sites is 2. The molecule has 0 radical (unpaired) electrons. The summed E-state index contributed by atoms with van der Waals surface area (Å²) in [6.07, 6.45) is 0.490. The van der Waals surface area contributed by atoms with Gasteiger partial charge in [0.05, 0.1) is 40.8 Å². The number of hydrogen-bond acceptors (Lipinski definition) is 5. The minimum absolute atomic E-state index is 0.0363. The van der Waals surface area contributed by atoms with Crippen molar-refractivity contribution >= 4 is 26.8 Å². The van der Waals surface area contributed by atoms with Crippen molar-refractivity contribution in [1.29, 1.82) is 0 Å². The molecule has 1 aliphatic heterocycles. The largest absolute Gasteiger partial charge is 0.343 e.